The van der Waals surface area contributed by atoms with Crippen LogP contribution in [-0.4, -0.2) is 22.3 Å². The second-order valence-electron chi connectivity index (χ2n) is 6.22. The Morgan fingerprint density at radius 3 is 2.88 bits per heavy atom. The molecule has 1 amide bonds. The van der Waals surface area contributed by atoms with Gasteiger partial charge in [-0.3, -0.25) is 14.7 Å². The number of carbonyl (C=O) groups excluding carboxylic acids is 1. The summed E-state index contributed by atoms with van der Waals surface area (Å²) in [7, 11) is 0. The Balaban J connectivity index is 1.69. The summed E-state index contributed by atoms with van der Waals surface area (Å²) in [4.78, 5) is 17.8. The van der Waals surface area contributed by atoms with Gasteiger partial charge in [0, 0.05) is 31.8 Å². The summed E-state index contributed by atoms with van der Waals surface area (Å²) in [6, 6.07) is 11.2. The van der Waals surface area contributed by atoms with Crippen molar-refractivity contribution in [3.8, 4) is 0 Å². The van der Waals surface area contributed by atoms with Gasteiger partial charge in [0.2, 0.25) is 5.91 Å². The Labute approximate surface area is 141 Å². The molecule has 0 saturated carbocycles. The lowest BCUT2D eigenvalue weighted by molar-refractivity contribution is -0.119. The van der Waals surface area contributed by atoms with Gasteiger partial charge in [-0.15, -0.1) is 0 Å². The topological polar surface area (TPSA) is 45.2 Å². The zero-order valence-corrected chi connectivity index (χ0v) is 13.8. The predicted molar refractivity (Wildman–Crippen MR) is 90.5 cm³/mol. The molecule has 126 valence electrons. The van der Waals surface area contributed by atoms with Gasteiger partial charge in [0.05, 0.1) is 11.7 Å². The molecule has 24 heavy (non-hydrogen) atoms. The Hall–Kier alpha value is -2.27. The van der Waals surface area contributed by atoms with Gasteiger partial charge in [0.25, 0.3) is 0 Å². The normalized spacial score (nSPS) is 17.8. The second-order valence-corrected chi connectivity index (χ2v) is 6.22. The fourth-order valence-electron chi connectivity index (χ4n) is 3.16. The molecule has 0 radical (unpaired) electrons. The number of benzene rings is 1. The van der Waals surface area contributed by atoms with E-state index >= 15 is 0 Å². The number of carbonyl (C=O) groups is 1. The molecule has 5 heteroatoms. The second kappa shape index (κ2) is 7.53. The fraction of sp³-hybridized carbons (Fsp3) is 0.368. The summed E-state index contributed by atoms with van der Waals surface area (Å²) in [5, 5.41) is 2.77. The highest BCUT2D eigenvalue weighted by Crippen LogP contribution is 2.32. The fourth-order valence-corrected chi connectivity index (χ4v) is 3.16. The van der Waals surface area contributed by atoms with Crippen molar-refractivity contribution < 1.29 is 9.18 Å². The van der Waals surface area contributed by atoms with E-state index in [4.69, 9.17) is 0 Å². The smallest absolute Gasteiger partial charge is 0.217 e. The molecule has 1 atom stereocenters. The Kier molecular flexibility index (Phi) is 5.20. The van der Waals surface area contributed by atoms with Crippen LogP contribution in [0.15, 0.2) is 42.6 Å². The van der Waals surface area contributed by atoms with Gasteiger partial charge >= 0.3 is 0 Å². The lowest BCUT2D eigenvalue weighted by Crippen LogP contribution is -2.24. The average molecular weight is 327 g/mol. The Morgan fingerprint density at radius 1 is 1.33 bits per heavy atom. The van der Waals surface area contributed by atoms with Crippen molar-refractivity contribution in [3.05, 3.63) is 65.2 Å². The van der Waals surface area contributed by atoms with Crippen molar-refractivity contribution in [2.45, 2.75) is 38.9 Å². The van der Waals surface area contributed by atoms with E-state index in [0.29, 0.717) is 13.1 Å². The van der Waals surface area contributed by atoms with Crippen molar-refractivity contribution in [3.63, 3.8) is 0 Å². The van der Waals surface area contributed by atoms with E-state index in [1.54, 1.807) is 6.07 Å². The summed E-state index contributed by atoms with van der Waals surface area (Å²) in [6.07, 6.45) is 3.94. The highest BCUT2D eigenvalue weighted by Gasteiger charge is 2.27. The van der Waals surface area contributed by atoms with Gasteiger partial charge in [-0.2, -0.15) is 0 Å². The van der Waals surface area contributed by atoms with E-state index in [1.165, 1.54) is 13.0 Å². The van der Waals surface area contributed by atoms with Gasteiger partial charge < -0.3 is 5.32 Å². The molecule has 1 aromatic carbocycles. The lowest BCUT2D eigenvalue weighted by atomic mass is 10.1. The molecular formula is C19H22FN3O. The molecular weight excluding hydrogens is 305 g/mol. The molecule has 3 rings (SSSR count). The van der Waals surface area contributed by atoms with Crippen molar-refractivity contribution in [2.24, 2.45) is 0 Å². The number of hydrogen-bond acceptors (Lipinski definition) is 3. The van der Waals surface area contributed by atoms with Crippen LogP contribution in [0, 0.1) is 5.82 Å². The van der Waals surface area contributed by atoms with Crippen LogP contribution in [0.1, 0.15) is 42.6 Å². The molecule has 1 aliphatic rings. The standard InChI is InChI=1S/C19H22FN3O/c1-14(24)21-11-15-8-9-18(22-12-15)19-7-4-10-23(19)13-16-5-2-3-6-17(16)20/h2-3,5-6,8-9,12,19H,4,7,10-11,13H2,1H3,(H,21,24)/t19-/m0/s1. The number of aromatic nitrogens is 1. The van der Waals surface area contributed by atoms with Gasteiger partial charge in [0.15, 0.2) is 0 Å². The number of hydrogen-bond donors (Lipinski definition) is 1. The molecule has 2 aromatic rings. The van der Waals surface area contributed by atoms with Crippen LogP contribution in [0.5, 0.6) is 0 Å². The van der Waals surface area contributed by atoms with Gasteiger partial charge in [-0.05, 0) is 37.1 Å². The average Bonchev–Trinajstić information content (AvgIpc) is 3.04. The first kappa shape index (κ1) is 16.6. The van der Waals surface area contributed by atoms with Crippen molar-refractivity contribution >= 4 is 5.91 Å². The molecule has 1 fully saturated rings. The first-order chi connectivity index (χ1) is 11.6. The number of amides is 1. The van der Waals surface area contributed by atoms with E-state index in [0.717, 1.165) is 36.2 Å². The van der Waals surface area contributed by atoms with Crippen molar-refractivity contribution in [2.75, 3.05) is 6.54 Å². The number of nitrogens with zero attached hydrogens (tertiary/aromatic N) is 2. The van der Waals surface area contributed by atoms with Crippen molar-refractivity contribution in [1.82, 2.24) is 15.2 Å². The first-order valence-corrected chi connectivity index (χ1v) is 8.30. The van der Waals surface area contributed by atoms with Gasteiger partial charge in [0.1, 0.15) is 5.82 Å². The Bertz CT molecular complexity index is 702. The quantitative estimate of drug-likeness (QED) is 0.917. The number of rotatable bonds is 5. The third-order valence-electron chi connectivity index (χ3n) is 4.43. The Morgan fingerprint density at radius 2 is 2.17 bits per heavy atom. The van der Waals surface area contributed by atoms with Gasteiger partial charge in [-0.1, -0.05) is 24.3 Å². The van der Waals surface area contributed by atoms with Crippen LogP contribution >= 0.6 is 0 Å². The summed E-state index contributed by atoms with van der Waals surface area (Å²) in [6.45, 7) is 3.55. The minimum atomic E-state index is -0.151. The molecule has 0 spiro atoms. The number of likely N-dealkylation sites (tertiary alicyclic amines) is 1. The van der Waals surface area contributed by atoms with E-state index < -0.39 is 0 Å². The van der Waals surface area contributed by atoms with Crippen LogP contribution in [0.4, 0.5) is 4.39 Å². The van der Waals surface area contributed by atoms with Crippen LogP contribution in [0.25, 0.3) is 0 Å². The minimum Gasteiger partial charge on any atom is -0.352 e. The molecule has 0 unspecified atom stereocenters. The van der Waals surface area contributed by atoms with E-state index in [2.05, 4.69) is 15.2 Å². The predicted octanol–water partition coefficient (Wildman–Crippen LogP) is 3.19. The highest BCUT2D eigenvalue weighted by molar-refractivity contribution is 5.72. The molecule has 2 heterocycles. The zero-order valence-electron chi connectivity index (χ0n) is 13.8. The zero-order chi connectivity index (χ0) is 16.9. The van der Waals surface area contributed by atoms with Gasteiger partial charge in [-0.25, -0.2) is 4.39 Å². The van der Waals surface area contributed by atoms with E-state index in [9.17, 15) is 9.18 Å². The van der Waals surface area contributed by atoms with E-state index in [1.807, 2.05) is 30.5 Å². The summed E-state index contributed by atoms with van der Waals surface area (Å²) < 4.78 is 13.9. The molecule has 1 aromatic heterocycles. The SMILES string of the molecule is CC(=O)NCc1ccc([C@@H]2CCCN2Cc2ccccc2F)nc1. The molecule has 0 bridgehead atoms. The lowest BCUT2D eigenvalue weighted by Gasteiger charge is -2.24. The summed E-state index contributed by atoms with van der Waals surface area (Å²) in [5.41, 5.74) is 2.72. The highest BCUT2D eigenvalue weighted by atomic mass is 19.1. The summed E-state index contributed by atoms with van der Waals surface area (Å²) >= 11 is 0. The van der Waals surface area contributed by atoms with Crippen molar-refractivity contribution in [1.29, 1.82) is 0 Å². The summed E-state index contributed by atoms with van der Waals surface area (Å²) in [5.74, 6) is -0.201. The molecule has 4 nitrogen and oxygen atoms in total. The molecule has 1 aliphatic heterocycles. The van der Waals surface area contributed by atoms with E-state index in [-0.39, 0.29) is 17.8 Å². The molecule has 0 aliphatic carbocycles. The minimum absolute atomic E-state index is 0.0501. The molecule has 1 saturated heterocycles. The van der Waals surface area contributed by atoms with Crippen LogP contribution in [0.2, 0.25) is 0 Å². The maximum Gasteiger partial charge on any atom is 0.217 e. The third-order valence-corrected chi connectivity index (χ3v) is 4.43. The van der Waals surface area contributed by atoms with Crippen LogP contribution in [0.3, 0.4) is 0 Å². The van der Waals surface area contributed by atoms with Crippen LogP contribution < -0.4 is 5.32 Å². The maximum absolute atomic E-state index is 13.9. The number of pyridine rings is 1. The monoisotopic (exact) mass is 327 g/mol. The maximum atomic E-state index is 13.9. The number of nitrogens with one attached hydrogen (secondary N) is 1. The van der Waals surface area contributed by atoms with Crippen LogP contribution in [-0.2, 0) is 17.9 Å². The largest absolute Gasteiger partial charge is 0.352 e. The number of halogens is 1. The third kappa shape index (κ3) is 3.97. The first-order valence-electron chi connectivity index (χ1n) is 8.30. The molecule has 1 N–H and O–H groups in total.